The molecule has 0 aromatic heterocycles. The van der Waals surface area contributed by atoms with Crippen molar-refractivity contribution in [1.82, 2.24) is 4.90 Å². The second-order valence-electron chi connectivity index (χ2n) is 5.58. The van der Waals surface area contributed by atoms with Gasteiger partial charge in [-0.3, -0.25) is 4.79 Å². The van der Waals surface area contributed by atoms with Gasteiger partial charge in [0, 0.05) is 13.6 Å². The molecule has 1 aliphatic heterocycles. The van der Waals surface area contributed by atoms with E-state index in [1.807, 2.05) is 32.0 Å². The molecule has 1 unspecified atom stereocenters. The van der Waals surface area contributed by atoms with Crippen molar-refractivity contribution in [3.8, 4) is 11.5 Å². The van der Waals surface area contributed by atoms with E-state index in [1.165, 1.54) is 0 Å². The minimum Gasteiger partial charge on any atom is -0.486 e. The molecule has 0 fully saturated rings. The second-order valence-corrected chi connectivity index (χ2v) is 5.58. The maximum absolute atomic E-state index is 12.3. The standard InChI is InChI=1S/C16H24N2O3/c1-4-11(2)15(17)16(19)18(3)10-12-5-6-13-14(9-12)21-8-7-20-13/h5-6,9,11,15H,4,7-8,10,17H2,1-3H3/t11?,15-/m0/s1. The Morgan fingerprint density at radius 1 is 1.33 bits per heavy atom. The number of amides is 1. The fraction of sp³-hybridized carbons (Fsp3) is 0.562. The first-order valence-electron chi connectivity index (χ1n) is 7.42. The van der Waals surface area contributed by atoms with E-state index in [-0.39, 0.29) is 11.8 Å². The van der Waals surface area contributed by atoms with Crippen molar-refractivity contribution in [2.24, 2.45) is 11.7 Å². The predicted octanol–water partition coefficient (Wildman–Crippen LogP) is 1.79. The lowest BCUT2D eigenvalue weighted by atomic mass is 9.99. The van der Waals surface area contributed by atoms with Crippen LogP contribution >= 0.6 is 0 Å². The molecule has 1 aromatic rings. The zero-order chi connectivity index (χ0) is 15.4. The summed E-state index contributed by atoms with van der Waals surface area (Å²) in [6, 6.07) is 5.31. The van der Waals surface area contributed by atoms with Gasteiger partial charge in [0.1, 0.15) is 13.2 Å². The summed E-state index contributed by atoms with van der Waals surface area (Å²) in [6.45, 7) is 5.69. The van der Waals surface area contributed by atoms with Gasteiger partial charge in [0.15, 0.2) is 11.5 Å². The second kappa shape index (κ2) is 6.80. The van der Waals surface area contributed by atoms with E-state index in [2.05, 4.69) is 0 Å². The molecule has 0 spiro atoms. The van der Waals surface area contributed by atoms with Crippen molar-refractivity contribution in [1.29, 1.82) is 0 Å². The quantitative estimate of drug-likeness (QED) is 0.898. The molecule has 2 rings (SSSR count). The third kappa shape index (κ3) is 3.67. The van der Waals surface area contributed by atoms with Crippen LogP contribution in [0, 0.1) is 5.92 Å². The summed E-state index contributed by atoms with van der Waals surface area (Å²) >= 11 is 0. The summed E-state index contributed by atoms with van der Waals surface area (Å²) in [7, 11) is 1.78. The number of carbonyl (C=O) groups excluding carboxylic acids is 1. The fourth-order valence-electron chi connectivity index (χ4n) is 2.29. The Bertz CT molecular complexity index is 504. The number of carbonyl (C=O) groups is 1. The van der Waals surface area contributed by atoms with Crippen LogP contribution in [-0.2, 0) is 11.3 Å². The molecule has 1 aromatic carbocycles. The van der Waals surface area contributed by atoms with Crippen molar-refractivity contribution in [2.45, 2.75) is 32.9 Å². The van der Waals surface area contributed by atoms with Crippen LogP contribution in [0.3, 0.4) is 0 Å². The zero-order valence-corrected chi connectivity index (χ0v) is 13.0. The van der Waals surface area contributed by atoms with Crippen LogP contribution < -0.4 is 15.2 Å². The average Bonchev–Trinajstić information content (AvgIpc) is 2.52. The maximum Gasteiger partial charge on any atom is 0.239 e. The van der Waals surface area contributed by atoms with Gasteiger partial charge in [0.25, 0.3) is 0 Å². The number of likely N-dealkylation sites (N-methyl/N-ethyl adjacent to an activating group) is 1. The van der Waals surface area contributed by atoms with Crippen LogP contribution in [0.25, 0.3) is 0 Å². The number of hydrogen-bond acceptors (Lipinski definition) is 4. The number of nitrogens with zero attached hydrogens (tertiary/aromatic N) is 1. The molecular weight excluding hydrogens is 268 g/mol. The molecule has 116 valence electrons. The van der Waals surface area contributed by atoms with E-state index in [0.29, 0.717) is 19.8 Å². The summed E-state index contributed by atoms with van der Waals surface area (Å²) < 4.78 is 11.0. The van der Waals surface area contributed by atoms with Gasteiger partial charge in [-0.2, -0.15) is 0 Å². The summed E-state index contributed by atoms with van der Waals surface area (Å²) in [6.07, 6.45) is 0.894. The van der Waals surface area contributed by atoms with E-state index < -0.39 is 6.04 Å². The predicted molar refractivity (Wildman–Crippen MR) is 81.3 cm³/mol. The first kappa shape index (κ1) is 15.6. The van der Waals surface area contributed by atoms with E-state index in [4.69, 9.17) is 15.2 Å². The number of hydrogen-bond donors (Lipinski definition) is 1. The Hall–Kier alpha value is -1.75. The Morgan fingerprint density at radius 2 is 2.00 bits per heavy atom. The van der Waals surface area contributed by atoms with E-state index in [1.54, 1.807) is 11.9 Å². The van der Waals surface area contributed by atoms with Crippen molar-refractivity contribution in [2.75, 3.05) is 20.3 Å². The topological polar surface area (TPSA) is 64.8 Å². The van der Waals surface area contributed by atoms with E-state index in [9.17, 15) is 4.79 Å². The van der Waals surface area contributed by atoms with Gasteiger partial charge in [0.2, 0.25) is 5.91 Å². The minimum atomic E-state index is -0.447. The van der Waals surface area contributed by atoms with Crippen LogP contribution in [0.2, 0.25) is 0 Å². The van der Waals surface area contributed by atoms with Gasteiger partial charge in [-0.1, -0.05) is 26.3 Å². The smallest absolute Gasteiger partial charge is 0.239 e. The minimum absolute atomic E-state index is 0.0285. The third-order valence-electron chi connectivity index (χ3n) is 3.94. The highest BCUT2D eigenvalue weighted by atomic mass is 16.6. The van der Waals surface area contributed by atoms with E-state index >= 15 is 0 Å². The lowest BCUT2D eigenvalue weighted by Crippen LogP contribution is -2.45. The largest absolute Gasteiger partial charge is 0.486 e. The SMILES string of the molecule is CCC(C)[C@H](N)C(=O)N(C)Cc1ccc2c(c1)OCCO2. The lowest BCUT2D eigenvalue weighted by molar-refractivity contribution is -0.132. The summed E-state index contributed by atoms with van der Waals surface area (Å²) in [5.41, 5.74) is 7.01. The summed E-state index contributed by atoms with van der Waals surface area (Å²) in [5, 5.41) is 0. The summed E-state index contributed by atoms with van der Waals surface area (Å²) in [5.74, 6) is 1.65. The van der Waals surface area contributed by atoms with Gasteiger partial charge in [-0.05, 0) is 23.6 Å². The normalized spacial score (nSPS) is 16.2. The van der Waals surface area contributed by atoms with Crippen LogP contribution in [0.15, 0.2) is 18.2 Å². The lowest BCUT2D eigenvalue weighted by Gasteiger charge is -2.25. The first-order valence-corrected chi connectivity index (χ1v) is 7.42. The molecule has 1 aliphatic rings. The molecule has 0 aliphatic carbocycles. The first-order chi connectivity index (χ1) is 10.0. The van der Waals surface area contributed by atoms with E-state index in [0.717, 1.165) is 23.5 Å². The van der Waals surface area contributed by atoms with Crippen LogP contribution in [-0.4, -0.2) is 37.1 Å². The van der Waals surface area contributed by atoms with Gasteiger partial charge in [-0.15, -0.1) is 0 Å². The van der Waals surface area contributed by atoms with Crippen molar-refractivity contribution >= 4 is 5.91 Å². The van der Waals surface area contributed by atoms with Gasteiger partial charge in [0.05, 0.1) is 6.04 Å². The Morgan fingerprint density at radius 3 is 2.67 bits per heavy atom. The molecule has 0 bridgehead atoms. The molecule has 1 amide bonds. The summed E-state index contributed by atoms with van der Waals surface area (Å²) in [4.78, 5) is 14.0. The molecule has 0 saturated carbocycles. The molecule has 2 atom stereocenters. The molecule has 2 N–H and O–H groups in total. The highest BCUT2D eigenvalue weighted by Crippen LogP contribution is 2.31. The Kier molecular flexibility index (Phi) is 5.07. The van der Waals surface area contributed by atoms with Crippen LogP contribution in [0.4, 0.5) is 0 Å². The maximum atomic E-state index is 12.3. The fourth-order valence-corrected chi connectivity index (χ4v) is 2.29. The molecule has 5 nitrogen and oxygen atoms in total. The zero-order valence-electron chi connectivity index (χ0n) is 13.0. The molecule has 5 heteroatoms. The molecule has 0 radical (unpaired) electrons. The number of nitrogens with two attached hydrogens (primary N) is 1. The van der Waals surface area contributed by atoms with Crippen molar-refractivity contribution < 1.29 is 14.3 Å². The number of fused-ring (bicyclic) bond motifs is 1. The molecule has 1 heterocycles. The molecule has 0 saturated heterocycles. The van der Waals surface area contributed by atoms with Gasteiger partial charge < -0.3 is 20.1 Å². The molecule has 21 heavy (non-hydrogen) atoms. The van der Waals surface area contributed by atoms with Crippen molar-refractivity contribution in [3.05, 3.63) is 23.8 Å². The number of benzene rings is 1. The monoisotopic (exact) mass is 292 g/mol. The van der Waals surface area contributed by atoms with Gasteiger partial charge in [-0.25, -0.2) is 0 Å². The van der Waals surface area contributed by atoms with Crippen LogP contribution in [0.5, 0.6) is 11.5 Å². The highest BCUT2D eigenvalue weighted by molar-refractivity contribution is 5.81. The third-order valence-corrected chi connectivity index (χ3v) is 3.94. The highest BCUT2D eigenvalue weighted by Gasteiger charge is 2.23. The Labute approximate surface area is 126 Å². The Balaban J connectivity index is 2.02. The van der Waals surface area contributed by atoms with Crippen LogP contribution in [0.1, 0.15) is 25.8 Å². The number of ether oxygens (including phenoxy) is 2. The van der Waals surface area contributed by atoms with Gasteiger partial charge >= 0.3 is 0 Å². The number of rotatable bonds is 5. The van der Waals surface area contributed by atoms with Crippen molar-refractivity contribution in [3.63, 3.8) is 0 Å². The average molecular weight is 292 g/mol. The molecular formula is C16H24N2O3.